The zero-order chi connectivity index (χ0) is 12.8. The fourth-order valence-corrected chi connectivity index (χ4v) is 2.58. The van der Waals surface area contributed by atoms with Crippen molar-refractivity contribution in [3.05, 3.63) is 29.6 Å². The minimum atomic E-state index is 0.186. The van der Waals surface area contributed by atoms with E-state index in [0.717, 1.165) is 23.4 Å². The molecule has 1 aromatic heterocycles. The standard InChI is InChI=1S/C15H21N3/c1-15(2,3)10-6-7-11-13(9-10)18-14(17-11)12-5-4-8-16-12/h6-7,9,12,16H,4-5,8H2,1-3H3,(H,17,18)/t12-/m1/s1. The van der Waals surface area contributed by atoms with Crippen LogP contribution in [0.5, 0.6) is 0 Å². The highest BCUT2D eigenvalue weighted by atomic mass is 15.0. The van der Waals surface area contributed by atoms with Gasteiger partial charge < -0.3 is 10.3 Å². The number of imidazole rings is 1. The number of aromatic amines is 1. The third kappa shape index (κ3) is 2.03. The van der Waals surface area contributed by atoms with Crippen molar-refractivity contribution >= 4 is 11.0 Å². The molecule has 1 aliphatic rings. The number of rotatable bonds is 1. The molecule has 0 radical (unpaired) electrons. The minimum Gasteiger partial charge on any atom is -0.341 e. The number of nitrogens with one attached hydrogen (secondary N) is 2. The van der Waals surface area contributed by atoms with Crippen LogP contribution in [0.2, 0.25) is 0 Å². The zero-order valence-corrected chi connectivity index (χ0v) is 11.4. The van der Waals surface area contributed by atoms with E-state index in [2.05, 4.69) is 49.3 Å². The molecule has 3 heteroatoms. The fraction of sp³-hybridized carbons (Fsp3) is 0.533. The van der Waals surface area contributed by atoms with E-state index < -0.39 is 0 Å². The lowest BCUT2D eigenvalue weighted by Crippen LogP contribution is -2.14. The average molecular weight is 243 g/mol. The van der Waals surface area contributed by atoms with E-state index in [1.54, 1.807) is 0 Å². The largest absolute Gasteiger partial charge is 0.341 e. The van der Waals surface area contributed by atoms with Gasteiger partial charge in [-0.1, -0.05) is 26.8 Å². The minimum absolute atomic E-state index is 0.186. The second kappa shape index (κ2) is 4.09. The number of hydrogen-bond donors (Lipinski definition) is 2. The Labute approximate surface area is 108 Å². The average Bonchev–Trinajstić information content (AvgIpc) is 2.95. The molecule has 1 fully saturated rings. The van der Waals surface area contributed by atoms with E-state index in [-0.39, 0.29) is 5.41 Å². The van der Waals surface area contributed by atoms with E-state index >= 15 is 0 Å². The van der Waals surface area contributed by atoms with Crippen LogP contribution in [0.1, 0.15) is 51.0 Å². The molecule has 0 saturated carbocycles. The molecule has 2 N–H and O–H groups in total. The van der Waals surface area contributed by atoms with Gasteiger partial charge in [-0.15, -0.1) is 0 Å². The summed E-state index contributed by atoms with van der Waals surface area (Å²) in [6.45, 7) is 7.83. The van der Waals surface area contributed by atoms with Crippen LogP contribution in [0.15, 0.2) is 18.2 Å². The van der Waals surface area contributed by atoms with Gasteiger partial charge in [0.15, 0.2) is 0 Å². The number of nitrogens with zero attached hydrogens (tertiary/aromatic N) is 1. The summed E-state index contributed by atoms with van der Waals surface area (Å²) in [7, 11) is 0. The van der Waals surface area contributed by atoms with Gasteiger partial charge in [-0.2, -0.15) is 0 Å². The van der Waals surface area contributed by atoms with Gasteiger partial charge in [0.1, 0.15) is 5.82 Å². The van der Waals surface area contributed by atoms with Crippen molar-refractivity contribution in [1.82, 2.24) is 15.3 Å². The van der Waals surface area contributed by atoms with E-state index in [1.807, 2.05) is 0 Å². The first-order valence-corrected chi connectivity index (χ1v) is 6.77. The van der Waals surface area contributed by atoms with Crippen LogP contribution < -0.4 is 5.32 Å². The summed E-state index contributed by atoms with van der Waals surface area (Å²) in [5.41, 5.74) is 3.77. The van der Waals surface area contributed by atoms with E-state index in [9.17, 15) is 0 Å². The molecule has 96 valence electrons. The highest BCUT2D eigenvalue weighted by Crippen LogP contribution is 2.27. The predicted molar refractivity (Wildman–Crippen MR) is 74.8 cm³/mol. The molecule has 1 atom stereocenters. The van der Waals surface area contributed by atoms with Crippen LogP contribution in [0.25, 0.3) is 11.0 Å². The van der Waals surface area contributed by atoms with Crippen LogP contribution in [0.3, 0.4) is 0 Å². The fourth-order valence-electron chi connectivity index (χ4n) is 2.58. The maximum absolute atomic E-state index is 4.70. The maximum atomic E-state index is 4.70. The summed E-state index contributed by atoms with van der Waals surface area (Å²) in [4.78, 5) is 8.18. The number of hydrogen-bond acceptors (Lipinski definition) is 2. The highest BCUT2D eigenvalue weighted by Gasteiger charge is 2.20. The first-order valence-electron chi connectivity index (χ1n) is 6.77. The van der Waals surface area contributed by atoms with Gasteiger partial charge in [0, 0.05) is 0 Å². The van der Waals surface area contributed by atoms with Crippen LogP contribution in [-0.2, 0) is 5.41 Å². The summed E-state index contributed by atoms with van der Waals surface area (Å²) in [5.74, 6) is 1.09. The SMILES string of the molecule is CC(C)(C)c1ccc2nc([C@H]3CCCN3)[nH]c2c1. The smallest absolute Gasteiger partial charge is 0.124 e. The van der Waals surface area contributed by atoms with Crippen molar-refractivity contribution in [3.8, 4) is 0 Å². The van der Waals surface area contributed by atoms with Crippen molar-refractivity contribution in [2.24, 2.45) is 0 Å². The summed E-state index contributed by atoms with van der Waals surface area (Å²) in [6.07, 6.45) is 2.43. The molecule has 0 bridgehead atoms. The molecule has 3 nitrogen and oxygen atoms in total. The highest BCUT2D eigenvalue weighted by molar-refractivity contribution is 5.76. The third-order valence-corrected chi connectivity index (χ3v) is 3.76. The summed E-state index contributed by atoms with van der Waals surface area (Å²) < 4.78 is 0. The topological polar surface area (TPSA) is 40.7 Å². The maximum Gasteiger partial charge on any atom is 0.124 e. The van der Waals surface area contributed by atoms with Crippen molar-refractivity contribution in [3.63, 3.8) is 0 Å². The monoisotopic (exact) mass is 243 g/mol. The lowest BCUT2D eigenvalue weighted by molar-refractivity contribution is 0.591. The molecule has 2 heterocycles. The first kappa shape index (κ1) is 11.7. The van der Waals surface area contributed by atoms with Gasteiger partial charge in [0.05, 0.1) is 17.1 Å². The Kier molecular flexibility index (Phi) is 2.67. The number of benzene rings is 1. The second-order valence-electron chi connectivity index (χ2n) is 6.25. The van der Waals surface area contributed by atoms with Crippen molar-refractivity contribution < 1.29 is 0 Å². The molecule has 1 saturated heterocycles. The number of H-pyrrole nitrogens is 1. The molecule has 3 rings (SSSR count). The summed E-state index contributed by atoms with van der Waals surface area (Å²) in [5, 5.41) is 3.48. The van der Waals surface area contributed by atoms with Crippen LogP contribution in [-0.4, -0.2) is 16.5 Å². The van der Waals surface area contributed by atoms with Gasteiger partial charge >= 0.3 is 0 Å². The van der Waals surface area contributed by atoms with Gasteiger partial charge in [-0.05, 0) is 42.5 Å². The third-order valence-electron chi connectivity index (χ3n) is 3.76. The lowest BCUT2D eigenvalue weighted by atomic mass is 9.87. The quantitative estimate of drug-likeness (QED) is 0.807. The van der Waals surface area contributed by atoms with E-state index in [4.69, 9.17) is 4.98 Å². The summed E-state index contributed by atoms with van der Waals surface area (Å²) in [6, 6.07) is 6.97. The van der Waals surface area contributed by atoms with Crippen LogP contribution >= 0.6 is 0 Å². The number of aromatic nitrogens is 2. The molecule has 0 amide bonds. The Bertz CT molecular complexity index is 557. The Morgan fingerprint density at radius 1 is 1.28 bits per heavy atom. The second-order valence-corrected chi connectivity index (χ2v) is 6.25. The Hall–Kier alpha value is -1.35. The van der Waals surface area contributed by atoms with Crippen molar-refractivity contribution in [2.75, 3.05) is 6.54 Å². The molecule has 1 aliphatic heterocycles. The van der Waals surface area contributed by atoms with Gasteiger partial charge in [-0.25, -0.2) is 4.98 Å². The molecular weight excluding hydrogens is 222 g/mol. The Balaban J connectivity index is 2.01. The Morgan fingerprint density at radius 2 is 2.11 bits per heavy atom. The first-order chi connectivity index (χ1) is 8.54. The molecule has 0 unspecified atom stereocenters. The van der Waals surface area contributed by atoms with Crippen LogP contribution in [0, 0.1) is 0 Å². The molecule has 1 aromatic carbocycles. The Morgan fingerprint density at radius 3 is 2.78 bits per heavy atom. The molecular formula is C15H21N3. The molecule has 0 aliphatic carbocycles. The summed E-state index contributed by atoms with van der Waals surface area (Å²) >= 11 is 0. The van der Waals surface area contributed by atoms with Crippen molar-refractivity contribution in [1.29, 1.82) is 0 Å². The normalized spacial score (nSPS) is 20.7. The molecule has 0 spiro atoms. The van der Waals surface area contributed by atoms with Gasteiger partial charge in [0.25, 0.3) is 0 Å². The van der Waals surface area contributed by atoms with Crippen molar-refractivity contribution in [2.45, 2.75) is 45.1 Å². The molecule has 2 aromatic rings. The van der Waals surface area contributed by atoms with E-state index in [1.165, 1.54) is 18.4 Å². The zero-order valence-electron chi connectivity index (χ0n) is 11.4. The number of fused-ring (bicyclic) bond motifs is 1. The van der Waals surface area contributed by atoms with Crippen LogP contribution in [0.4, 0.5) is 0 Å². The van der Waals surface area contributed by atoms with Gasteiger partial charge in [-0.3, -0.25) is 0 Å². The van der Waals surface area contributed by atoms with Gasteiger partial charge in [0.2, 0.25) is 0 Å². The lowest BCUT2D eigenvalue weighted by Gasteiger charge is -2.18. The molecule has 18 heavy (non-hydrogen) atoms. The van der Waals surface area contributed by atoms with E-state index in [0.29, 0.717) is 6.04 Å². The predicted octanol–water partition coefficient (Wildman–Crippen LogP) is 3.28.